The van der Waals surface area contributed by atoms with Crippen molar-refractivity contribution < 1.29 is 18.0 Å². The van der Waals surface area contributed by atoms with Gasteiger partial charge in [0.15, 0.2) is 0 Å². The van der Waals surface area contributed by atoms with Gasteiger partial charge >= 0.3 is 0 Å². The molecule has 0 saturated carbocycles. The lowest BCUT2D eigenvalue weighted by molar-refractivity contribution is -0.144. The molecule has 2 aromatic rings. The Morgan fingerprint density at radius 3 is 2.50 bits per heavy atom. The Labute approximate surface area is 212 Å². The van der Waals surface area contributed by atoms with Crippen LogP contribution in [0.2, 0.25) is 4.34 Å². The second-order valence-corrected chi connectivity index (χ2v) is 13.2. The number of hydrogen-bond donors (Lipinski definition) is 0. The largest absolute Gasteiger partial charge is 0.341 e. The lowest BCUT2D eigenvalue weighted by Crippen LogP contribution is -2.52. The minimum atomic E-state index is -4.09. The number of sulfonamides is 1. The van der Waals surface area contributed by atoms with E-state index in [1.54, 1.807) is 24.0 Å². The number of likely N-dealkylation sites (tertiary alicyclic amines) is 2. The van der Waals surface area contributed by atoms with E-state index in [-0.39, 0.29) is 23.1 Å². The van der Waals surface area contributed by atoms with E-state index < -0.39 is 34.6 Å². The van der Waals surface area contributed by atoms with Gasteiger partial charge in [-0.2, -0.15) is 9.57 Å². The Balaban J connectivity index is 1.54. The Hall–Kier alpha value is -1.97. The Bertz CT molecular complexity index is 1210. The number of halogens is 1. The standard InChI is InChI=1S/C22H25ClN4O4S3/c1-15(21(28)25-11-3-2-4-12-25)26-13-9-16(22(26)29)27(14-10-24)34(30,31)20-8-6-18(33-20)17-5-7-19(23)32-17/h5-8,15-16H,2-4,9,11-14H2,1H3/t15-,16+/m0/s1. The zero-order valence-corrected chi connectivity index (χ0v) is 21.9. The van der Waals surface area contributed by atoms with Gasteiger partial charge in [0.1, 0.15) is 22.8 Å². The molecule has 0 N–H and O–H groups in total. The summed E-state index contributed by atoms with van der Waals surface area (Å²) in [6, 6.07) is 6.97. The van der Waals surface area contributed by atoms with Gasteiger partial charge < -0.3 is 9.80 Å². The number of piperidine rings is 1. The van der Waals surface area contributed by atoms with Crippen molar-refractivity contribution in [2.24, 2.45) is 0 Å². The summed E-state index contributed by atoms with van der Waals surface area (Å²) in [6.45, 7) is 2.88. The highest BCUT2D eigenvalue weighted by Crippen LogP contribution is 2.38. The van der Waals surface area contributed by atoms with E-state index in [1.165, 1.54) is 22.3 Å². The summed E-state index contributed by atoms with van der Waals surface area (Å²) in [5.74, 6) is -0.542. The summed E-state index contributed by atoms with van der Waals surface area (Å²) >= 11 is 8.43. The van der Waals surface area contributed by atoms with Gasteiger partial charge in [0.25, 0.3) is 10.0 Å². The third-order valence-corrected chi connectivity index (χ3v) is 11.1. The third kappa shape index (κ3) is 4.88. The van der Waals surface area contributed by atoms with E-state index in [0.717, 1.165) is 44.7 Å². The highest BCUT2D eigenvalue weighted by Gasteiger charge is 2.45. The molecule has 4 rings (SSSR count). The zero-order chi connectivity index (χ0) is 24.5. The van der Waals surface area contributed by atoms with Crippen LogP contribution in [0.1, 0.15) is 32.6 Å². The molecular weight excluding hydrogens is 516 g/mol. The third-order valence-electron chi connectivity index (χ3n) is 6.24. The molecule has 2 amide bonds. The number of carbonyl (C=O) groups excluding carboxylic acids is 2. The molecular formula is C22H25ClN4O4S3. The monoisotopic (exact) mass is 540 g/mol. The fourth-order valence-electron chi connectivity index (χ4n) is 4.44. The molecule has 2 atom stereocenters. The van der Waals surface area contributed by atoms with Gasteiger partial charge in [0.05, 0.1) is 10.4 Å². The molecule has 2 aliphatic heterocycles. The quantitative estimate of drug-likeness (QED) is 0.499. The summed E-state index contributed by atoms with van der Waals surface area (Å²) in [6.07, 6.45) is 3.22. The van der Waals surface area contributed by atoms with Crippen molar-refractivity contribution in [3.8, 4) is 15.8 Å². The van der Waals surface area contributed by atoms with Gasteiger partial charge in [-0.15, -0.1) is 22.7 Å². The first-order valence-corrected chi connectivity index (χ1v) is 14.5. The van der Waals surface area contributed by atoms with Crippen LogP contribution in [0.4, 0.5) is 0 Å². The van der Waals surface area contributed by atoms with Gasteiger partial charge in [0, 0.05) is 29.4 Å². The molecule has 2 fully saturated rings. The summed E-state index contributed by atoms with van der Waals surface area (Å²) in [5.41, 5.74) is 0. The van der Waals surface area contributed by atoms with E-state index in [9.17, 15) is 23.3 Å². The molecule has 4 heterocycles. The number of amides is 2. The van der Waals surface area contributed by atoms with Gasteiger partial charge in [-0.25, -0.2) is 8.42 Å². The first-order valence-electron chi connectivity index (χ1n) is 11.1. The molecule has 0 aromatic carbocycles. The van der Waals surface area contributed by atoms with Crippen molar-refractivity contribution in [3.63, 3.8) is 0 Å². The molecule has 8 nitrogen and oxygen atoms in total. The molecule has 34 heavy (non-hydrogen) atoms. The van der Waals surface area contributed by atoms with Gasteiger partial charge in [-0.3, -0.25) is 9.59 Å². The fourth-order valence-corrected chi connectivity index (χ4v) is 8.51. The van der Waals surface area contributed by atoms with Crippen molar-refractivity contribution in [1.82, 2.24) is 14.1 Å². The maximum atomic E-state index is 13.5. The van der Waals surface area contributed by atoms with Gasteiger partial charge in [-0.1, -0.05) is 11.6 Å². The summed E-state index contributed by atoms with van der Waals surface area (Å²) in [7, 11) is -4.09. The van der Waals surface area contributed by atoms with Crippen LogP contribution in [-0.4, -0.2) is 72.6 Å². The van der Waals surface area contributed by atoms with Crippen LogP contribution >= 0.6 is 34.3 Å². The van der Waals surface area contributed by atoms with Crippen molar-refractivity contribution in [2.75, 3.05) is 26.2 Å². The minimum Gasteiger partial charge on any atom is -0.341 e. The molecule has 12 heteroatoms. The summed E-state index contributed by atoms with van der Waals surface area (Å²) in [4.78, 5) is 31.0. The Morgan fingerprint density at radius 1 is 1.18 bits per heavy atom. The fraction of sp³-hybridized carbons (Fsp3) is 0.500. The normalized spacial score (nSPS) is 20.1. The number of thiophene rings is 2. The number of hydrogen-bond acceptors (Lipinski definition) is 7. The van der Waals surface area contributed by atoms with Crippen LogP contribution in [0.25, 0.3) is 9.75 Å². The van der Waals surface area contributed by atoms with Crippen LogP contribution in [0.3, 0.4) is 0 Å². The van der Waals surface area contributed by atoms with Crippen LogP contribution in [-0.2, 0) is 19.6 Å². The molecule has 0 bridgehead atoms. The van der Waals surface area contributed by atoms with Crippen LogP contribution < -0.4 is 0 Å². The number of nitriles is 1. The van der Waals surface area contributed by atoms with Crippen molar-refractivity contribution in [1.29, 1.82) is 5.26 Å². The SMILES string of the molecule is C[C@@H](C(=O)N1CCCCC1)N1CC[C@@H](N(CC#N)S(=O)(=O)c2ccc(-c3ccc(Cl)s3)s2)C1=O. The first kappa shape index (κ1) is 25.1. The number of nitrogens with zero attached hydrogens (tertiary/aromatic N) is 4. The maximum Gasteiger partial charge on any atom is 0.254 e. The lowest BCUT2D eigenvalue weighted by atomic mass is 10.1. The van der Waals surface area contributed by atoms with Crippen LogP contribution in [0, 0.1) is 11.3 Å². The Morgan fingerprint density at radius 2 is 1.85 bits per heavy atom. The molecule has 2 aliphatic rings. The minimum absolute atomic E-state index is 0.0611. The highest BCUT2D eigenvalue weighted by atomic mass is 35.5. The van der Waals surface area contributed by atoms with Crippen LogP contribution in [0.5, 0.6) is 0 Å². The Kier molecular flexibility index (Phi) is 7.64. The molecule has 0 radical (unpaired) electrons. The summed E-state index contributed by atoms with van der Waals surface area (Å²) in [5, 5.41) is 9.36. The van der Waals surface area contributed by atoms with Crippen LogP contribution in [0.15, 0.2) is 28.5 Å². The maximum absolute atomic E-state index is 13.5. The van der Waals surface area contributed by atoms with E-state index in [1.807, 2.05) is 12.1 Å². The molecule has 2 aromatic heterocycles. The van der Waals surface area contributed by atoms with Gasteiger partial charge in [-0.05, 0) is 56.9 Å². The number of rotatable bonds is 7. The second-order valence-electron chi connectivity index (χ2n) is 8.33. The van der Waals surface area contributed by atoms with Crippen molar-refractivity contribution >= 4 is 56.1 Å². The average molecular weight is 541 g/mol. The highest BCUT2D eigenvalue weighted by molar-refractivity contribution is 7.91. The molecule has 0 unspecified atom stereocenters. The average Bonchev–Trinajstić information content (AvgIpc) is 3.57. The molecule has 182 valence electrons. The molecule has 2 saturated heterocycles. The van der Waals surface area contributed by atoms with Crippen molar-refractivity contribution in [3.05, 3.63) is 28.6 Å². The number of carbonyl (C=O) groups is 2. The van der Waals surface area contributed by atoms with Gasteiger partial charge in [0.2, 0.25) is 11.8 Å². The van der Waals surface area contributed by atoms with E-state index in [2.05, 4.69) is 0 Å². The van der Waals surface area contributed by atoms with E-state index in [4.69, 9.17) is 11.6 Å². The summed E-state index contributed by atoms with van der Waals surface area (Å²) < 4.78 is 28.6. The van der Waals surface area contributed by atoms with E-state index in [0.29, 0.717) is 17.4 Å². The zero-order valence-electron chi connectivity index (χ0n) is 18.6. The topological polar surface area (TPSA) is 102 Å². The predicted octanol–water partition coefficient (Wildman–Crippen LogP) is 3.65. The smallest absolute Gasteiger partial charge is 0.254 e. The molecule has 0 aliphatic carbocycles. The lowest BCUT2D eigenvalue weighted by Gasteiger charge is -2.33. The van der Waals surface area contributed by atoms with Crippen molar-refractivity contribution in [2.45, 2.75) is 48.9 Å². The predicted molar refractivity (Wildman–Crippen MR) is 132 cm³/mol. The molecule has 0 spiro atoms. The first-order chi connectivity index (χ1) is 16.2. The second kappa shape index (κ2) is 10.3. The van der Waals surface area contributed by atoms with E-state index >= 15 is 0 Å².